The molecule has 0 bridgehead atoms. The first-order chi connectivity index (χ1) is 10.6. The summed E-state index contributed by atoms with van der Waals surface area (Å²) >= 11 is 6.77. The minimum Gasteiger partial charge on any atom is -0.386 e. The van der Waals surface area contributed by atoms with Gasteiger partial charge in [0, 0.05) is 0 Å². The Bertz CT molecular complexity index is 644. The molecule has 0 unspecified atom stereocenters. The van der Waals surface area contributed by atoms with E-state index in [0.29, 0.717) is 4.47 Å². The number of thioether (sulfide) groups is 2. The maximum absolute atomic E-state index is 13.5. The number of hydrogen-bond donors (Lipinski definition) is 1. The fraction of sp³-hybridized carbons (Fsp3) is 0.294. The molecule has 116 valence electrons. The average molecular weight is 399 g/mol. The summed E-state index contributed by atoms with van der Waals surface area (Å²) in [5, 5.41) is 11.1. The van der Waals surface area contributed by atoms with E-state index in [4.69, 9.17) is 0 Å². The van der Waals surface area contributed by atoms with Crippen LogP contribution in [-0.2, 0) is 4.08 Å². The standard InChI is InChI=1S/C17H16BrFOS2/c18-14-11-12(7-8-15(14)19)16(20)17(21-9-4-10-22-17)13-5-2-1-3-6-13/h1-3,5-8,11,16,20H,4,9-10H2/t16-/m1/s1. The number of rotatable bonds is 3. The van der Waals surface area contributed by atoms with E-state index in [1.54, 1.807) is 35.7 Å². The molecule has 1 aliphatic heterocycles. The zero-order valence-corrected chi connectivity index (χ0v) is 15.1. The van der Waals surface area contributed by atoms with Gasteiger partial charge in [-0.1, -0.05) is 36.4 Å². The van der Waals surface area contributed by atoms with Crippen molar-refractivity contribution in [3.05, 3.63) is 69.9 Å². The van der Waals surface area contributed by atoms with E-state index in [0.717, 1.165) is 29.1 Å². The minimum absolute atomic E-state index is 0.311. The molecule has 1 nitrogen and oxygen atoms in total. The van der Waals surface area contributed by atoms with Crippen molar-refractivity contribution in [2.24, 2.45) is 0 Å². The molecule has 0 spiro atoms. The molecule has 2 aromatic carbocycles. The fourth-order valence-corrected chi connectivity index (χ4v) is 6.39. The van der Waals surface area contributed by atoms with Crippen LogP contribution in [0.25, 0.3) is 0 Å². The number of benzene rings is 2. The first-order valence-electron chi connectivity index (χ1n) is 7.10. The van der Waals surface area contributed by atoms with Gasteiger partial charge in [0.25, 0.3) is 0 Å². The van der Waals surface area contributed by atoms with Gasteiger partial charge in [0.2, 0.25) is 0 Å². The minimum atomic E-state index is -0.693. The SMILES string of the molecule is O[C@H](c1ccc(F)c(Br)c1)C1(c2ccccc2)SCCCS1. The quantitative estimate of drug-likeness (QED) is 0.752. The van der Waals surface area contributed by atoms with Crippen molar-refractivity contribution >= 4 is 39.5 Å². The molecule has 1 heterocycles. The summed E-state index contributed by atoms with van der Waals surface area (Å²) < 4.78 is 13.4. The van der Waals surface area contributed by atoms with Crippen molar-refractivity contribution in [3.8, 4) is 0 Å². The van der Waals surface area contributed by atoms with E-state index in [9.17, 15) is 9.50 Å². The van der Waals surface area contributed by atoms with E-state index in [1.165, 1.54) is 6.07 Å². The van der Waals surface area contributed by atoms with E-state index in [2.05, 4.69) is 28.1 Å². The smallest absolute Gasteiger partial charge is 0.137 e. The fourth-order valence-electron chi connectivity index (χ4n) is 2.60. The van der Waals surface area contributed by atoms with Crippen molar-refractivity contribution < 1.29 is 9.50 Å². The van der Waals surface area contributed by atoms with Crippen LogP contribution in [0.5, 0.6) is 0 Å². The lowest BCUT2D eigenvalue weighted by atomic mass is 10.00. The molecule has 0 saturated carbocycles. The van der Waals surface area contributed by atoms with Crippen LogP contribution in [0.2, 0.25) is 0 Å². The third-order valence-electron chi connectivity index (χ3n) is 3.72. The van der Waals surface area contributed by atoms with Crippen LogP contribution in [0.4, 0.5) is 4.39 Å². The van der Waals surface area contributed by atoms with Gasteiger partial charge in [-0.3, -0.25) is 0 Å². The number of hydrogen-bond acceptors (Lipinski definition) is 3. The molecule has 0 aliphatic carbocycles. The predicted octanol–water partition coefficient (Wildman–Crippen LogP) is 5.34. The van der Waals surface area contributed by atoms with Gasteiger partial charge in [0.1, 0.15) is 16.0 Å². The van der Waals surface area contributed by atoms with Crippen LogP contribution >= 0.6 is 39.5 Å². The second-order valence-electron chi connectivity index (χ2n) is 5.16. The van der Waals surface area contributed by atoms with Crippen LogP contribution in [-0.4, -0.2) is 16.6 Å². The second-order valence-corrected chi connectivity index (χ2v) is 8.95. The maximum Gasteiger partial charge on any atom is 0.137 e. The highest BCUT2D eigenvalue weighted by atomic mass is 79.9. The molecule has 0 aromatic heterocycles. The summed E-state index contributed by atoms with van der Waals surface area (Å²) in [7, 11) is 0. The van der Waals surface area contributed by atoms with Gasteiger partial charge in [0.05, 0.1) is 4.47 Å². The predicted molar refractivity (Wildman–Crippen MR) is 96.7 cm³/mol. The largest absolute Gasteiger partial charge is 0.386 e. The molecule has 1 atom stereocenters. The van der Waals surface area contributed by atoms with E-state index >= 15 is 0 Å². The highest BCUT2D eigenvalue weighted by Gasteiger charge is 2.43. The molecular formula is C17H16BrFOS2. The maximum atomic E-state index is 13.5. The van der Waals surface area contributed by atoms with E-state index < -0.39 is 10.2 Å². The molecule has 1 saturated heterocycles. The zero-order chi connectivity index (χ0) is 15.6. The Labute approximate surface area is 146 Å². The van der Waals surface area contributed by atoms with Crippen molar-refractivity contribution in [1.82, 2.24) is 0 Å². The molecule has 1 fully saturated rings. The van der Waals surface area contributed by atoms with Gasteiger partial charge in [-0.25, -0.2) is 4.39 Å². The lowest BCUT2D eigenvalue weighted by Crippen LogP contribution is -2.30. The van der Waals surface area contributed by atoms with Crippen LogP contribution in [0, 0.1) is 5.82 Å². The van der Waals surface area contributed by atoms with Crippen LogP contribution < -0.4 is 0 Å². The third kappa shape index (κ3) is 3.09. The summed E-state index contributed by atoms with van der Waals surface area (Å²) in [6.07, 6.45) is 0.450. The normalized spacial score (nSPS) is 18.9. The Balaban J connectivity index is 2.03. The highest BCUT2D eigenvalue weighted by molar-refractivity contribution is 9.10. The lowest BCUT2D eigenvalue weighted by molar-refractivity contribution is 0.163. The topological polar surface area (TPSA) is 20.2 Å². The number of halogens is 2. The van der Waals surface area contributed by atoms with E-state index in [-0.39, 0.29) is 5.82 Å². The van der Waals surface area contributed by atoms with Gasteiger partial charge in [-0.15, -0.1) is 23.5 Å². The Hall–Kier alpha value is -0.490. The van der Waals surface area contributed by atoms with Crippen LogP contribution in [0.3, 0.4) is 0 Å². The molecule has 1 N–H and O–H groups in total. The summed E-state index contributed by atoms with van der Waals surface area (Å²) in [5.74, 6) is 1.72. The molecular weight excluding hydrogens is 383 g/mol. The number of aliphatic hydroxyl groups is 1. The number of aliphatic hydroxyl groups excluding tert-OH is 1. The van der Waals surface area contributed by atoms with Crippen molar-refractivity contribution in [1.29, 1.82) is 0 Å². The van der Waals surface area contributed by atoms with Crippen molar-refractivity contribution in [3.63, 3.8) is 0 Å². The van der Waals surface area contributed by atoms with Crippen LogP contribution in [0.1, 0.15) is 23.7 Å². The molecule has 3 rings (SSSR count). The van der Waals surface area contributed by atoms with Gasteiger partial charge < -0.3 is 5.11 Å². The Kier molecular flexibility index (Phi) is 5.17. The zero-order valence-electron chi connectivity index (χ0n) is 11.8. The Morgan fingerprint density at radius 3 is 2.41 bits per heavy atom. The summed E-state index contributed by atoms with van der Waals surface area (Å²) in [6.45, 7) is 0. The monoisotopic (exact) mass is 398 g/mol. The summed E-state index contributed by atoms with van der Waals surface area (Å²) in [5.41, 5.74) is 1.84. The van der Waals surface area contributed by atoms with Gasteiger partial charge in [-0.05, 0) is 57.1 Å². The molecule has 5 heteroatoms. The van der Waals surface area contributed by atoms with E-state index in [1.807, 2.05) is 18.2 Å². The molecule has 0 radical (unpaired) electrons. The summed E-state index contributed by atoms with van der Waals surface area (Å²) in [6, 6.07) is 14.9. The second kappa shape index (κ2) is 6.95. The van der Waals surface area contributed by atoms with Gasteiger partial charge >= 0.3 is 0 Å². The molecule has 0 amide bonds. The average Bonchev–Trinajstić information content (AvgIpc) is 2.58. The molecule has 22 heavy (non-hydrogen) atoms. The third-order valence-corrected chi connectivity index (χ3v) is 7.79. The van der Waals surface area contributed by atoms with Gasteiger partial charge in [-0.2, -0.15) is 0 Å². The molecule has 2 aromatic rings. The first kappa shape index (κ1) is 16.4. The lowest BCUT2D eigenvalue weighted by Gasteiger charge is -2.40. The van der Waals surface area contributed by atoms with Crippen molar-refractivity contribution in [2.75, 3.05) is 11.5 Å². The van der Waals surface area contributed by atoms with Crippen molar-refractivity contribution in [2.45, 2.75) is 16.6 Å². The Morgan fingerprint density at radius 1 is 1.09 bits per heavy atom. The van der Waals surface area contributed by atoms with Crippen LogP contribution in [0.15, 0.2) is 53.0 Å². The van der Waals surface area contributed by atoms with Gasteiger partial charge in [0.15, 0.2) is 0 Å². The Morgan fingerprint density at radius 2 is 1.77 bits per heavy atom. The molecule has 1 aliphatic rings. The first-order valence-corrected chi connectivity index (χ1v) is 9.86. The highest BCUT2D eigenvalue weighted by Crippen LogP contribution is 2.57. The summed E-state index contributed by atoms with van der Waals surface area (Å²) in [4.78, 5) is 0.